The molecule has 0 spiro atoms. The molecule has 2 heterocycles. The van der Waals surface area contributed by atoms with Gasteiger partial charge in [-0.15, -0.1) is 0 Å². The third kappa shape index (κ3) is 5.76. The Hall–Kier alpha value is -2.38. The molecular weight excluding hydrogens is 436 g/mol. The van der Waals surface area contributed by atoms with Crippen LogP contribution < -0.4 is 4.74 Å². The summed E-state index contributed by atoms with van der Waals surface area (Å²) >= 11 is 0. The quantitative estimate of drug-likeness (QED) is 0.614. The minimum Gasteiger partial charge on any atom is -0.492 e. The van der Waals surface area contributed by atoms with Crippen LogP contribution in [0.3, 0.4) is 0 Å². The summed E-state index contributed by atoms with van der Waals surface area (Å²) in [7, 11) is -3.42. The van der Waals surface area contributed by atoms with Gasteiger partial charge in [0.25, 0.3) is 0 Å². The number of piperidine rings is 1. The molecule has 2 aromatic carbocycles. The van der Waals surface area contributed by atoms with Gasteiger partial charge in [0.05, 0.1) is 6.61 Å². The molecule has 0 aromatic heterocycles. The van der Waals surface area contributed by atoms with Crippen LogP contribution in [0.25, 0.3) is 0 Å². The molecule has 7 heteroatoms. The standard InChI is InChI=1S/C26H34N2O4S/c1-19(2)26(29)28-12-10-20(11-13-28)18-32-24-9-8-21(14-25(24)33(3,30)31)15-27-16-22-6-4-5-7-23(22)17-27/h4-9,14,19-20H,10-13,15-18H2,1-3H3. The molecule has 4 rings (SSSR count). The van der Waals surface area contributed by atoms with Crippen molar-refractivity contribution >= 4 is 15.7 Å². The number of sulfone groups is 1. The topological polar surface area (TPSA) is 66.9 Å². The highest BCUT2D eigenvalue weighted by Gasteiger charge is 2.26. The van der Waals surface area contributed by atoms with Crippen molar-refractivity contribution in [3.8, 4) is 5.75 Å². The summed E-state index contributed by atoms with van der Waals surface area (Å²) in [6.07, 6.45) is 2.99. The SMILES string of the molecule is CC(C)C(=O)N1CCC(COc2ccc(CN3Cc4ccccc4C3)cc2S(C)(=O)=O)CC1. The monoisotopic (exact) mass is 470 g/mol. The Labute approximate surface area is 197 Å². The number of hydrogen-bond donors (Lipinski definition) is 0. The van der Waals surface area contributed by atoms with Gasteiger partial charge in [-0.2, -0.15) is 0 Å². The average molecular weight is 471 g/mol. The van der Waals surface area contributed by atoms with Crippen LogP contribution in [-0.4, -0.2) is 50.1 Å². The molecule has 0 N–H and O–H groups in total. The molecule has 1 fully saturated rings. The molecule has 1 amide bonds. The summed E-state index contributed by atoms with van der Waals surface area (Å²) in [5, 5.41) is 0. The highest BCUT2D eigenvalue weighted by molar-refractivity contribution is 7.90. The lowest BCUT2D eigenvalue weighted by atomic mass is 9.97. The highest BCUT2D eigenvalue weighted by atomic mass is 32.2. The first-order chi connectivity index (χ1) is 15.7. The lowest BCUT2D eigenvalue weighted by Crippen LogP contribution is -2.41. The molecule has 0 unspecified atom stereocenters. The lowest BCUT2D eigenvalue weighted by molar-refractivity contribution is -0.136. The van der Waals surface area contributed by atoms with Gasteiger partial charge in [-0.3, -0.25) is 9.69 Å². The summed E-state index contributed by atoms with van der Waals surface area (Å²) in [6.45, 7) is 8.24. The summed E-state index contributed by atoms with van der Waals surface area (Å²) in [6, 6.07) is 13.9. The molecule has 2 aromatic rings. The fourth-order valence-electron chi connectivity index (χ4n) is 4.73. The maximum Gasteiger partial charge on any atom is 0.225 e. The Morgan fingerprint density at radius 1 is 1.06 bits per heavy atom. The van der Waals surface area contributed by atoms with Crippen molar-refractivity contribution < 1.29 is 17.9 Å². The van der Waals surface area contributed by atoms with Crippen molar-refractivity contribution in [2.75, 3.05) is 26.0 Å². The lowest BCUT2D eigenvalue weighted by Gasteiger charge is -2.33. The van der Waals surface area contributed by atoms with Crippen LogP contribution >= 0.6 is 0 Å². The number of rotatable bonds is 7. The number of ether oxygens (including phenoxy) is 1. The van der Waals surface area contributed by atoms with Crippen LogP contribution in [0.4, 0.5) is 0 Å². The van der Waals surface area contributed by atoms with E-state index in [1.165, 1.54) is 17.4 Å². The van der Waals surface area contributed by atoms with E-state index in [1.54, 1.807) is 12.1 Å². The van der Waals surface area contributed by atoms with Crippen LogP contribution in [0.1, 0.15) is 43.4 Å². The average Bonchev–Trinajstić information content (AvgIpc) is 3.19. The molecule has 1 saturated heterocycles. The molecule has 2 aliphatic rings. The van der Waals surface area contributed by atoms with Crippen LogP contribution in [0.2, 0.25) is 0 Å². The first kappa shape index (κ1) is 23.8. The minimum absolute atomic E-state index is 0.0170. The smallest absolute Gasteiger partial charge is 0.225 e. The van der Waals surface area contributed by atoms with Gasteiger partial charge in [0, 0.05) is 44.9 Å². The first-order valence-corrected chi connectivity index (χ1v) is 13.6. The van der Waals surface area contributed by atoms with Gasteiger partial charge in [-0.05, 0) is 47.6 Å². The molecular formula is C26H34N2O4S. The molecule has 178 valence electrons. The van der Waals surface area contributed by atoms with Gasteiger partial charge in [-0.25, -0.2) is 8.42 Å². The van der Waals surface area contributed by atoms with Gasteiger partial charge in [0.15, 0.2) is 9.84 Å². The largest absolute Gasteiger partial charge is 0.492 e. The fraction of sp³-hybridized carbons (Fsp3) is 0.500. The van der Waals surface area contributed by atoms with E-state index in [1.807, 2.05) is 24.8 Å². The summed E-state index contributed by atoms with van der Waals surface area (Å²) in [5.74, 6) is 0.955. The Kier molecular flexibility index (Phi) is 7.10. The van der Waals surface area contributed by atoms with Crippen LogP contribution in [0, 0.1) is 11.8 Å². The molecule has 0 aliphatic carbocycles. The number of likely N-dealkylation sites (tertiary alicyclic amines) is 1. The number of hydrogen-bond acceptors (Lipinski definition) is 5. The van der Waals surface area contributed by atoms with Crippen molar-refractivity contribution in [3.63, 3.8) is 0 Å². The summed E-state index contributed by atoms with van der Waals surface area (Å²) in [4.78, 5) is 16.7. The van der Waals surface area contributed by atoms with Crippen molar-refractivity contribution in [2.45, 2.75) is 51.2 Å². The van der Waals surface area contributed by atoms with Crippen molar-refractivity contribution in [3.05, 3.63) is 59.2 Å². The van der Waals surface area contributed by atoms with E-state index in [-0.39, 0.29) is 16.7 Å². The van der Waals surface area contributed by atoms with E-state index >= 15 is 0 Å². The predicted molar refractivity (Wildman–Crippen MR) is 129 cm³/mol. The van der Waals surface area contributed by atoms with E-state index in [0.717, 1.165) is 44.6 Å². The third-order valence-electron chi connectivity index (χ3n) is 6.61. The number of carbonyl (C=O) groups excluding carboxylic acids is 1. The molecule has 0 saturated carbocycles. The second kappa shape index (κ2) is 9.85. The van der Waals surface area contributed by atoms with Gasteiger partial charge in [0.2, 0.25) is 5.91 Å². The molecule has 6 nitrogen and oxygen atoms in total. The predicted octanol–water partition coefficient (Wildman–Crippen LogP) is 3.88. The van der Waals surface area contributed by atoms with Crippen molar-refractivity contribution in [2.24, 2.45) is 11.8 Å². The van der Waals surface area contributed by atoms with Gasteiger partial charge >= 0.3 is 0 Å². The second-order valence-electron chi connectivity index (χ2n) is 9.70. The van der Waals surface area contributed by atoms with E-state index in [0.29, 0.717) is 24.8 Å². The minimum atomic E-state index is -3.42. The van der Waals surface area contributed by atoms with E-state index in [9.17, 15) is 13.2 Å². The molecule has 0 bridgehead atoms. The molecule has 0 atom stereocenters. The highest BCUT2D eigenvalue weighted by Crippen LogP contribution is 2.30. The Morgan fingerprint density at radius 2 is 1.70 bits per heavy atom. The third-order valence-corrected chi connectivity index (χ3v) is 7.73. The molecule has 0 radical (unpaired) electrons. The van der Waals surface area contributed by atoms with E-state index < -0.39 is 9.84 Å². The zero-order valence-electron chi connectivity index (χ0n) is 19.8. The van der Waals surface area contributed by atoms with E-state index in [2.05, 4.69) is 29.2 Å². The first-order valence-electron chi connectivity index (χ1n) is 11.7. The zero-order chi connectivity index (χ0) is 23.6. The van der Waals surface area contributed by atoms with Gasteiger partial charge < -0.3 is 9.64 Å². The van der Waals surface area contributed by atoms with Crippen LogP contribution in [-0.2, 0) is 34.3 Å². The maximum absolute atomic E-state index is 12.5. The van der Waals surface area contributed by atoms with Crippen molar-refractivity contribution in [1.29, 1.82) is 0 Å². The number of benzene rings is 2. The van der Waals surface area contributed by atoms with Crippen LogP contribution in [0.15, 0.2) is 47.4 Å². The van der Waals surface area contributed by atoms with Crippen molar-refractivity contribution in [1.82, 2.24) is 9.80 Å². The second-order valence-corrected chi connectivity index (χ2v) is 11.7. The molecule has 33 heavy (non-hydrogen) atoms. The summed E-state index contributed by atoms with van der Waals surface area (Å²) < 4.78 is 31.1. The normalized spacial score (nSPS) is 17.4. The van der Waals surface area contributed by atoms with Gasteiger partial charge in [0.1, 0.15) is 10.6 Å². The Balaban J connectivity index is 1.38. The Morgan fingerprint density at radius 3 is 2.27 bits per heavy atom. The number of nitrogens with zero attached hydrogens (tertiary/aromatic N) is 2. The number of fused-ring (bicyclic) bond motifs is 1. The zero-order valence-corrected chi connectivity index (χ0v) is 20.6. The number of amides is 1. The Bertz CT molecular complexity index is 1080. The summed E-state index contributed by atoms with van der Waals surface area (Å²) in [5.41, 5.74) is 3.64. The maximum atomic E-state index is 12.5. The van der Waals surface area contributed by atoms with Gasteiger partial charge in [-0.1, -0.05) is 44.2 Å². The van der Waals surface area contributed by atoms with Crippen LogP contribution in [0.5, 0.6) is 5.75 Å². The number of carbonyl (C=O) groups is 1. The van der Waals surface area contributed by atoms with E-state index in [4.69, 9.17) is 4.74 Å². The molecule has 2 aliphatic heterocycles. The fourth-order valence-corrected chi connectivity index (χ4v) is 5.58.